The van der Waals surface area contributed by atoms with Crippen molar-refractivity contribution < 1.29 is 4.74 Å². The van der Waals surface area contributed by atoms with E-state index in [-0.39, 0.29) is 0 Å². The lowest BCUT2D eigenvalue weighted by Crippen LogP contribution is -2.49. The topological polar surface area (TPSA) is 12.5 Å². The summed E-state index contributed by atoms with van der Waals surface area (Å²) in [6, 6.07) is 8.85. The molecule has 1 aromatic rings. The van der Waals surface area contributed by atoms with Gasteiger partial charge < -0.3 is 4.74 Å². The van der Waals surface area contributed by atoms with Gasteiger partial charge in [-0.15, -0.1) is 0 Å². The van der Waals surface area contributed by atoms with Gasteiger partial charge in [0, 0.05) is 30.9 Å². The quantitative estimate of drug-likeness (QED) is 0.796. The average Bonchev–Trinajstić information content (AvgIpc) is 2.35. The predicted molar refractivity (Wildman–Crippen MR) is 77.5 cm³/mol. The number of rotatable bonds is 3. The highest BCUT2D eigenvalue weighted by Crippen LogP contribution is 2.35. The van der Waals surface area contributed by atoms with Crippen LogP contribution in [0, 0.1) is 0 Å². The minimum absolute atomic E-state index is 0.351. The number of fused-ring (bicyclic) bond motifs is 1. The fourth-order valence-electron chi connectivity index (χ4n) is 3.21. The van der Waals surface area contributed by atoms with Gasteiger partial charge in [-0.2, -0.15) is 0 Å². The van der Waals surface area contributed by atoms with Gasteiger partial charge >= 0.3 is 0 Å². The van der Waals surface area contributed by atoms with E-state index in [9.17, 15) is 0 Å². The molecule has 3 unspecified atom stereocenters. The molecular formula is C15H20BrNO. The maximum atomic E-state index is 5.88. The fourth-order valence-corrected chi connectivity index (χ4v) is 3.57. The lowest BCUT2D eigenvalue weighted by molar-refractivity contribution is -0.0670. The van der Waals surface area contributed by atoms with Gasteiger partial charge in [-0.05, 0) is 24.5 Å². The molecule has 18 heavy (non-hydrogen) atoms. The van der Waals surface area contributed by atoms with Gasteiger partial charge in [-0.1, -0.05) is 40.2 Å². The van der Waals surface area contributed by atoms with Crippen LogP contribution in [0.3, 0.4) is 0 Å². The Morgan fingerprint density at radius 3 is 2.94 bits per heavy atom. The molecule has 1 aromatic carbocycles. The number of alkyl halides is 1. The molecule has 0 bridgehead atoms. The van der Waals surface area contributed by atoms with Gasteiger partial charge in [-0.25, -0.2) is 0 Å². The second-order valence-electron chi connectivity index (χ2n) is 5.54. The SMILES string of the molecule is CC1CN(CC2Cc3ccccc32)CC(CBr)O1. The van der Waals surface area contributed by atoms with Crippen LogP contribution in [0.25, 0.3) is 0 Å². The molecule has 0 radical (unpaired) electrons. The van der Waals surface area contributed by atoms with Crippen LogP contribution in [-0.2, 0) is 11.2 Å². The third-order valence-electron chi connectivity index (χ3n) is 4.01. The van der Waals surface area contributed by atoms with Gasteiger partial charge in [0.25, 0.3) is 0 Å². The van der Waals surface area contributed by atoms with Gasteiger partial charge in [0.05, 0.1) is 12.2 Å². The maximum Gasteiger partial charge on any atom is 0.0802 e. The van der Waals surface area contributed by atoms with Gasteiger partial charge in [0.2, 0.25) is 0 Å². The van der Waals surface area contributed by atoms with E-state index in [1.165, 1.54) is 13.0 Å². The third kappa shape index (κ3) is 2.49. The summed E-state index contributed by atoms with van der Waals surface area (Å²) in [4.78, 5) is 2.57. The van der Waals surface area contributed by atoms with Crippen molar-refractivity contribution in [2.45, 2.75) is 31.5 Å². The van der Waals surface area contributed by atoms with E-state index in [4.69, 9.17) is 4.74 Å². The van der Waals surface area contributed by atoms with Crippen LogP contribution < -0.4 is 0 Å². The first-order chi connectivity index (χ1) is 8.76. The van der Waals surface area contributed by atoms with Crippen LogP contribution in [-0.4, -0.2) is 42.1 Å². The van der Waals surface area contributed by atoms with Crippen LogP contribution in [0.1, 0.15) is 24.0 Å². The highest BCUT2D eigenvalue weighted by Gasteiger charge is 2.31. The number of nitrogens with zero attached hydrogens (tertiary/aromatic N) is 1. The molecule has 1 aliphatic heterocycles. The molecule has 1 heterocycles. The molecule has 2 aliphatic rings. The largest absolute Gasteiger partial charge is 0.372 e. The van der Waals surface area contributed by atoms with Crippen molar-refractivity contribution in [1.29, 1.82) is 0 Å². The summed E-state index contributed by atoms with van der Waals surface area (Å²) in [5, 5.41) is 0.940. The maximum absolute atomic E-state index is 5.88. The minimum Gasteiger partial charge on any atom is -0.372 e. The molecule has 1 aliphatic carbocycles. The summed E-state index contributed by atoms with van der Waals surface area (Å²) in [7, 11) is 0. The second-order valence-corrected chi connectivity index (χ2v) is 6.19. The molecule has 3 atom stereocenters. The Morgan fingerprint density at radius 2 is 2.17 bits per heavy atom. The number of halogens is 1. The van der Waals surface area contributed by atoms with E-state index in [2.05, 4.69) is 52.0 Å². The molecule has 0 amide bonds. The molecule has 1 saturated heterocycles. The highest BCUT2D eigenvalue weighted by atomic mass is 79.9. The van der Waals surface area contributed by atoms with Crippen LogP contribution in [0.2, 0.25) is 0 Å². The summed E-state index contributed by atoms with van der Waals surface area (Å²) in [5.41, 5.74) is 3.10. The fraction of sp³-hybridized carbons (Fsp3) is 0.600. The number of hydrogen-bond acceptors (Lipinski definition) is 2. The predicted octanol–water partition coefficient (Wildman–Crippen LogP) is 2.81. The molecule has 3 rings (SSSR count). The van der Waals surface area contributed by atoms with Crippen molar-refractivity contribution in [2.75, 3.05) is 25.0 Å². The summed E-state index contributed by atoms with van der Waals surface area (Å²) < 4.78 is 5.88. The smallest absolute Gasteiger partial charge is 0.0802 e. The highest BCUT2D eigenvalue weighted by molar-refractivity contribution is 9.09. The Kier molecular flexibility index (Phi) is 3.73. The zero-order chi connectivity index (χ0) is 12.5. The molecule has 2 nitrogen and oxygen atoms in total. The zero-order valence-corrected chi connectivity index (χ0v) is 12.4. The van der Waals surface area contributed by atoms with E-state index >= 15 is 0 Å². The first kappa shape index (κ1) is 12.6. The second kappa shape index (κ2) is 5.32. The Balaban J connectivity index is 1.61. The molecule has 0 spiro atoms. The lowest BCUT2D eigenvalue weighted by atomic mass is 9.77. The van der Waals surface area contributed by atoms with Crippen molar-refractivity contribution >= 4 is 15.9 Å². The van der Waals surface area contributed by atoms with E-state index in [0.717, 1.165) is 24.3 Å². The average molecular weight is 310 g/mol. The lowest BCUT2D eigenvalue weighted by Gasteiger charge is -2.40. The Bertz CT molecular complexity index is 423. The molecule has 0 saturated carbocycles. The first-order valence-corrected chi connectivity index (χ1v) is 7.90. The Hall–Kier alpha value is -0.380. The van der Waals surface area contributed by atoms with Gasteiger partial charge in [0.15, 0.2) is 0 Å². The van der Waals surface area contributed by atoms with E-state index in [1.54, 1.807) is 11.1 Å². The Labute approximate surface area is 117 Å². The van der Waals surface area contributed by atoms with Crippen LogP contribution in [0.4, 0.5) is 0 Å². The molecule has 98 valence electrons. The first-order valence-electron chi connectivity index (χ1n) is 6.78. The van der Waals surface area contributed by atoms with E-state index < -0.39 is 0 Å². The zero-order valence-electron chi connectivity index (χ0n) is 10.8. The normalized spacial score (nSPS) is 31.8. The van der Waals surface area contributed by atoms with Crippen molar-refractivity contribution in [3.8, 4) is 0 Å². The summed E-state index contributed by atoms with van der Waals surface area (Å²) in [5.74, 6) is 0.738. The van der Waals surface area contributed by atoms with Crippen molar-refractivity contribution in [1.82, 2.24) is 4.90 Å². The van der Waals surface area contributed by atoms with Gasteiger partial charge in [-0.3, -0.25) is 4.90 Å². The minimum atomic E-state index is 0.351. The molecule has 0 N–H and O–H groups in total. The monoisotopic (exact) mass is 309 g/mol. The summed E-state index contributed by atoms with van der Waals surface area (Å²) >= 11 is 3.54. The number of hydrogen-bond donors (Lipinski definition) is 0. The summed E-state index contributed by atoms with van der Waals surface area (Å²) in [6.07, 6.45) is 1.96. The van der Waals surface area contributed by atoms with E-state index in [0.29, 0.717) is 12.2 Å². The van der Waals surface area contributed by atoms with Crippen LogP contribution >= 0.6 is 15.9 Å². The van der Waals surface area contributed by atoms with E-state index in [1.807, 2.05) is 0 Å². The third-order valence-corrected chi connectivity index (χ3v) is 4.74. The van der Waals surface area contributed by atoms with Gasteiger partial charge in [0.1, 0.15) is 0 Å². The summed E-state index contributed by atoms with van der Waals surface area (Å²) in [6.45, 7) is 5.50. The van der Waals surface area contributed by atoms with Crippen molar-refractivity contribution in [2.24, 2.45) is 0 Å². The molecule has 3 heteroatoms. The van der Waals surface area contributed by atoms with Crippen molar-refractivity contribution in [3.63, 3.8) is 0 Å². The Morgan fingerprint density at radius 1 is 1.33 bits per heavy atom. The standard InChI is InChI=1S/C15H20BrNO/c1-11-8-17(10-14(7-16)18-11)9-13-6-12-4-2-3-5-15(12)13/h2-5,11,13-14H,6-10H2,1H3. The molecule has 1 fully saturated rings. The number of morpholine rings is 1. The number of ether oxygens (including phenoxy) is 1. The van der Waals surface area contributed by atoms with Crippen LogP contribution in [0.15, 0.2) is 24.3 Å². The molecule has 0 aromatic heterocycles. The van der Waals surface area contributed by atoms with Crippen molar-refractivity contribution in [3.05, 3.63) is 35.4 Å². The molecular weight excluding hydrogens is 290 g/mol. The van der Waals surface area contributed by atoms with Crippen LogP contribution in [0.5, 0.6) is 0 Å². The number of benzene rings is 1.